The number of aromatic nitrogens is 1. The van der Waals surface area contributed by atoms with Gasteiger partial charge in [0.1, 0.15) is 23.6 Å². The van der Waals surface area contributed by atoms with Crippen LogP contribution in [0.15, 0.2) is 109 Å². The maximum absolute atomic E-state index is 13.0. The van der Waals surface area contributed by atoms with Gasteiger partial charge in [-0.25, -0.2) is 0 Å². The number of benzene rings is 4. The molecule has 0 aliphatic heterocycles. The van der Waals surface area contributed by atoms with Crippen LogP contribution in [0, 0.1) is 0 Å². The van der Waals surface area contributed by atoms with E-state index in [4.69, 9.17) is 4.74 Å². The number of fused-ring (bicyclic) bond motifs is 1. The lowest BCUT2D eigenvalue weighted by Crippen LogP contribution is -2.24. The molecule has 2 N–H and O–H groups in total. The highest BCUT2D eigenvalue weighted by atomic mass is 16.5. The number of nitrogens with zero attached hydrogens (tertiary/aromatic N) is 1. The van der Waals surface area contributed by atoms with Gasteiger partial charge in [-0.3, -0.25) is 9.78 Å². The number of aryl methyl sites for hydroxylation is 1. The molecule has 0 radical (unpaired) electrons. The molecule has 0 aliphatic rings. The molecule has 5 aromatic rings. The second-order valence-corrected chi connectivity index (χ2v) is 8.90. The van der Waals surface area contributed by atoms with Gasteiger partial charge in [0.25, 0.3) is 5.91 Å². The lowest BCUT2D eigenvalue weighted by atomic mass is 9.99. The van der Waals surface area contributed by atoms with Gasteiger partial charge in [0.05, 0.1) is 0 Å². The van der Waals surface area contributed by atoms with Gasteiger partial charge in [0, 0.05) is 29.3 Å². The van der Waals surface area contributed by atoms with Crippen molar-refractivity contribution >= 4 is 16.8 Å². The maximum Gasteiger partial charge on any atom is 0.251 e. The van der Waals surface area contributed by atoms with Crippen molar-refractivity contribution in [2.24, 2.45) is 0 Å². The highest BCUT2D eigenvalue weighted by Crippen LogP contribution is 2.36. The molecule has 5 heteroatoms. The van der Waals surface area contributed by atoms with Crippen LogP contribution in [-0.2, 0) is 13.0 Å². The van der Waals surface area contributed by atoms with Crippen LogP contribution < -0.4 is 10.1 Å². The summed E-state index contributed by atoms with van der Waals surface area (Å²) in [5.41, 5.74) is 4.84. The number of rotatable bonds is 9. The zero-order chi connectivity index (χ0) is 25.5. The number of aromatic hydroxyl groups is 1. The van der Waals surface area contributed by atoms with Crippen LogP contribution in [0.5, 0.6) is 11.5 Å². The van der Waals surface area contributed by atoms with E-state index in [0.29, 0.717) is 30.0 Å². The third-order valence-corrected chi connectivity index (χ3v) is 6.25. The van der Waals surface area contributed by atoms with Crippen LogP contribution in [0.4, 0.5) is 0 Å². The van der Waals surface area contributed by atoms with Crippen LogP contribution >= 0.6 is 0 Å². The van der Waals surface area contributed by atoms with Crippen LogP contribution in [0.1, 0.15) is 27.9 Å². The minimum Gasteiger partial charge on any atom is -0.506 e. The number of hydrogen-bond donors (Lipinski definition) is 2. The number of phenols is 1. The summed E-state index contributed by atoms with van der Waals surface area (Å²) in [7, 11) is 0. The van der Waals surface area contributed by atoms with Crippen molar-refractivity contribution in [2.45, 2.75) is 19.4 Å². The van der Waals surface area contributed by atoms with E-state index >= 15 is 0 Å². The molecule has 184 valence electrons. The molecule has 4 aromatic carbocycles. The first-order valence-electron chi connectivity index (χ1n) is 12.4. The Kier molecular flexibility index (Phi) is 7.42. The largest absolute Gasteiger partial charge is 0.506 e. The minimum absolute atomic E-state index is 0.0814. The first kappa shape index (κ1) is 24.1. The van der Waals surface area contributed by atoms with Crippen LogP contribution in [0.3, 0.4) is 0 Å². The second-order valence-electron chi connectivity index (χ2n) is 8.90. The average Bonchev–Trinajstić information content (AvgIpc) is 2.95. The smallest absolute Gasteiger partial charge is 0.251 e. The Hall–Kier alpha value is -4.64. The Bertz CT molecular complexity index is 1500. The van der Waals surface area contributed by atoms with Crippen molar-refractivity contribution in [1.82, 2.24) is 10.3 Å². The summed E-state index contributed by atoms with van der Waals surface area (Å²) in [5.74, 6) is 0.570. The topological polar surface area (TPSA) is 71.5 Å². The summed E-state index contributed by atoms with van der Waals surface area (Å²) < 4.78 is 6.18. The van der Waals surface area contributed by atoms with E-state index in [1.165, 1.54) is 5.56 Å². The van der Waals surface area contributed by atoms with E-state index in [0.717, 1.165) is 34.9 Å². The van der Waals surface area contributed by atoms with Gasteiger partial charge in [0.2, 0.25) is 0 Å². The Morgan fingerprint density at radius 1 is 0.838 bits per heavy atom. The Morgan fingerprint density at radius 2 is 1.59 bits per heavy atom. The predicted octanol–water partition coefficient (Wildman–Crippen LogP) is 6.55. The first-order valence-corrected chi connectivity index (χ1v) is 12.4. The van der Waals surface area contributed by atoms with Gasteiger partial charge in [-0.1, -0.05) is 66.7 Å². The monoisotopic (exact) mass is 488 g/mol. The van der Waals surface area contributed by atoms with Gasteiger partial charge in [-0.15, -0.1) is 0 Å². The lowest BCUT2D eigenvalue weighted by molar-refractivity contribution is 0.0953. The molecule has 0 saturated heterocycles. The molecule has 1 aromatic heterocycles. The molecule has 0 bridgehead atoms. The summed E-state index contributed by atoms with van der Waals surface area (Å²) in [6.07, 6.45) is 3.41. The van der Waals surface area contributed by atoms with Crippen LogP contribution in [0.25, 0.3) is 22.0 Å². The quantitative estimate of drug-likeness (QED) is 0.231. The van der Waals surface area contributed by atoms with E-state index in [1.807, 2.05) is 78.9 Å². The van der Waals surface area contributed by atoms with Crippen molar-refractivity contribution in [2.75, 3.05) is 6.54 Å². The summed E-state index contributed by atoms with van der Waals surface area (Å²) in [4.78, 5) is 17.3. The summed E-state index contributed by atoms with van der Waals surface area (Å²) in [6, 6.07) is 32.9. The lowest BCUT2D eigenvalue weighted by Gasteiger charge is -2.15. The summed E-state index contributed by atoms with van der Waals surface area (Å²) in [5, 5.41) is 14.5. The molecular formula is C32H28N2O3. The number of phenolic OH excluding ortho intramolecular Hbond substituents is 1. The Labute approximate surface area is 216 Å². The zero-order valence-electron chi connectivity index (χ0n) is 20.4. The van der Waals surface area contributed by atoms with E-state index in [2.05, 4.69) is 22.4 Å². The summed E-state index contributed by atoms with van der Waals surface area (Å²) >= 11 is 0. The molecule has 0 aliphatic carbocycles. The molecule has 0 spiro atoms. The van der Waals surface area contributed by atoms with E-state index in [-0.39, 0.29) is 11.7 Å². The molecule has 1 heterocycles. The first-order chi connectivity index (χ1) is 18.2. The standard InChI is InChI=1S/C32H28N2O3/c35-29-21-27(19-25-14-8-17-33-31(25)29)28-20-26(15-16-30(28)37-22-24-11-5-2-6-12-24)32(36)34-18-7-13-23-9-3-1-4-10-23/h1-6,8-12,14-17,19-21,35H,7,13,18,22H2,(H,34,36). The SMILES string of the molecule is O=C(NCCCc1ccccc1)c1ccc(OCc2ccccc2)c(-c2cc(O)c3ncccc3c2)c1. The fraction of sp³-hybridized carbons (Fsp3) is 0.125. The average molecular weight is 489 g/mol. The van der Waals surface area contributed by atoms with Crippen molar-refractivity contribution in [1.29, 1.82) is 0 Å². The molecular weight excluding hydrogens is 460 g/mol. The predicted molar refractivity (Wildman–Crippen MR) is 147 cm³/mol. The molecule has 0 fully saturated rings. The van der Waals surface area contributed by atoms with Gasteiger partial charge in [0.15, 0.2) is 0 Å². The number of carbonyl (C=O) groups is 1. The minimum atomic E-state index is -0.143. The number of pyridine rings is 1. The number of amides is 1. The molecule has 5 rings (SSSR count). The van der Waals surface area contributed by atoms with Crippen molar-refractivity contribution in [3.63, 3.8) is 0 Å². The molecule has 1 amide bonds. The number of carbonyl (C=O) groups excluding carboxylic acids is 1. The highest BCUT2D eigenvalue weighted by molar-refractivity contribution is 5.97. The van der Waals surface area contributed by atoms with Crippen molar-refractivity contribution in [3.8, 4) is 22.6 Å². The zero-order valence-corrected chi connectivity index (χ0v) is 20.4. The van der Waals surface area contributed by atoms with Crippen molar-refractivity contribution in [3.05, 3.63) is 126 Å². The normalized spacial score (nSPS) is 10.8. The number of ether oxygens (including phenoxy) is 1. The van der Waals surface area contributed by atoms with Gasteiger partial charge in [-0.05, 0) is 65.9 Å². The fourth-order valence-corrected chi connectivity index (χ4v) is 4.33. The number of nitrogens with one attached hydrogen (secondary N) is 1. The molecule has 0 atom stereocenters. The van der Waals surface area contributed by atoms with E-state index < -0.39 is 0 Å². The van der Waals surface area contributed by atoms with Crippen LogP contribution in [0.2, 0.25) is 0 Å². The van der Waals surface area contributed by atoms with E-state index in [9.17, 15) is 9.90 Å². The third-order valence-electron chi connectivity index (χ3n) is 6.25. The molecule has 37 heavy (non-hydrogen) atoms. The molecule has 0 saturated carbocycles. The molecule has 0 unspecified atom stereocenters. The van der Waals surface area contributed by atoms with E-state index in [1.54, 1.807) is 18.3 Å². The Balaban J connectivity index is 1.39. The van der Waals surface area contributed by atoms with Gasteiger partial charge >= 0.3 is 0 Å². The Morgan fingerprint density at radius 3 is 2.38 bits per heavy atom. The summed E-state index contributed by atoms with van der Waals surface area (Å²) in [6.45, 7) is 0.970. The highest BCUT2D eigenvalue weighted by Gasteiger charge is 2.15. The van der Waals surface area contributed by atoms with Gasteiger partial charge < -0.3 is 15.2 Å². The third kappa shape index (κ3) is 5.96. The second kappa shape index (κ2) is 11.4. The molecule has 5 nitrogen and oxygen atoms in total. The number of hydrogen-bond acceptors (Lipinski definition) is 4. The fourth-order valence-electron chi connectivity index (χ4n) is 4.33. The van der Waals surface area contributed by atoms with Crippen LogP contribution in [-0.4, -0.2) is 22.5 Å². The maximum atomic E-state index is 13.0. The van der Waals surface area contributed by atoms with Crippen molar-refractivity contribution < 1.29 is 14.6 Å². The van der Waals surface area contributed by atoms with Gasteiger partial charge in [-0.2, -0.15) is 0 Å².